The number of ether oxygens (including phenoxy) is 1. The minimum Gasteiger partial charge on any atom is -0.380 e. The Morgan fingerprint density at radius 2 is 1.72 bits per heavy atom. The molecule has 0 aliphatic carbocycles. The number of rotatable bonds is 6. The monoisotopic (exact) mass is 261 g/mol. The SMILES string of the molecule is COCc1ccc(CNCc2ccc(C)s2)cc1. The first-order valence-corrected chi connectivity index (χ1v) is 6.92. The summed E-state index contributed by atoms with van der Waals surface area (Å²) in [5.74, 6) is 0. The van der Waals surface area contributed by atoms with Crippen molar-refractivity contribution >= 4 is 11.3 Å². The van der Waals surface area contributed by atoms with Gasteiger partial charge in [-0.25, -0.2) is 0 Å². The van der Waals surface area contributed by atoms with Crippen molar-refractivity contribution in [2.75, 3.05) is 7.11 Å². The molecule has 0 atom stereocenters. The molecule has 2 rings (SSSR count). The standard InChI is InChI=1S/C15H19NOS/c1-12-3-8-15(18-12)10-16-9-13-4-6-14(7-5-13)11-17-2/h3-8,16H,9-11H2,1-2H3. The smallest absolute Gasteiger partial charge is 0.0713 e. The van der Waals surface area contributed by atoms with Crippen LogP contribution in [0, 0.1) is 6.92 Å². The second-order valence-electron chi connectivity index (χ2n) is 4.37. The predicted octanol–water partition coefficient (Wildman–Crippen LogP) is 3.49. The molecule has 1 heterocycles. The molecule has 0 spiro atoms. The molecule has 1 aromatic heterocycles. The summed E-state index contributed by atoms with van der Waals surface area (Å²) < 4.78 is 5.09. The molecule has 18 heavy (non-hydrogen) atoms. The fourth-order valence-corrected chi connectivity index (χ4v) is 2.69. The summed E-state index contributed by atoms with van der Waals surface area (Å²) in [5, 5.41) is 3.46. The fraction of sp³-hybridized carbons (Fsp3) is 0.333. The van der Waals surface area contributed by atoms with Crippen molar-refractivity contribution in [3.05, 3.63) is 57.3 Å². The zero-order chi connectivity index (χ0) is 12.8. The van der Waals surface area contributed by atoms with Crippen LogP contribution in [0.15, 0.2) is 36.4 Å². The lowest BCUT2D eigenvalue weighted by atomic mass is 10.1. The van der Waals surface area contributed by atoms with Gasteiger partial charge in [-0.3, -0.25) is 0 Å². The summed E-state index contributed by atoms with van der Waals surface area (Å²) in [6.07, 6.45) is 0. The Kier molecular flexibility index (Phi) is 4.93. The third-order valence-corrected chi connectivity index (χ3v) is 3.76. The molecule has 0 saturated carbocycles. The van der Waals surface area contributed by atoms with Crippen molar-refractivity contribution in [2.45, 2.75) is 26.6 Å². The Morgan fingerprint density at radius 3 is 2.33 bits per heavy atom. The molecule has 0 aliphatic heterocycles. The largest absolute Gasteiger partial charge is 0.380 e. The van der Waals surface area contributed by atoms with Crippen LogP contribution in [0.5, 0.6) is 0 Å². The van der Waals surface area contributed by atoms with E-state index in [1.165, 1.54) is 20.9 Å². The quantitative estimate of drug-likeness (QED) is 0.859. The van der Waals surface area contributed by atoms with Gasteiger partial charge in [0.15, 0.2) is 0 Å². The van der Waals surface area contributed by atoms with Crippen LogP contribution in [0.4, 0.5) is 0 Å². The van der Waals surface area contributed by atoms with Crippen LogP contribution in [0.1, 0.15) is 20.9 Å². The number of benzene rings is 1. The van der Waals surface area contributed by atoms with Crippen LogP contribution >= 0.6 is 11.3 Å². The van der Waals surface area contributed by atoms with Gasteiger partial charge in [-0.05, 0) is 30.2 Å². The van der Waals surface area contributed by atoms with Crippen molar-refractivity contribution < 1.29 is 4.74 Å². The van der Waals surface area contributed by atoms with Gasteiger partial charge in [-0.15, -0.1) is 11.3 Å². The molecule has 2 nitrogen and oxygen atoms in total. The zero-order valence-corrected chi connectivity index (χ0v) is 11.7. The number of nitrogens with one attached hydrogen (secondary N) is 1. The lowest BCUT2D eigenvalue weighted by Gasteiger charge is -2.05. The van der Waals surface area contributed by atoms with Crippen LogP contribution in [-0.2, 0) is 24.4 Å². The molecule has 0 aliphatic rings. The number of thiophene rings is 1. The molecule has 0 unspecified atom stereocenters. The molecule has 0 saturated heterocycles. The van der Waals surface area contributed by atoms with E-state index in [0.717, 1.165) is 13.1 Å². The maximum atomic E-state index is 5.09. The van der Waals surface area contributed by atoms with E-state index in [-0.39, 0.29) is 0 Å². The van der Waals surface area contributed by atoms with Gasteiger partial charge in [0.2, 0.25) is 0 Å². The highest BCUT2D eigenvalue weighted by atomic mass is 32.1. The number of methoxy groups -OCH3 is 1. The van der Waals surface area contributed by atoms with E-state index >= 15 is 0 Å². The van der Waals surface area contributed by atoms with Gasteiger partial charge in [0.1, 0.15) is 0 Å². The first-order valence-electron chi connectivity index (χ1n) is 6.10. The van der Waals surface area contributed by atoms with E-state index in [9.17, 15) is 0 Å². The van der Waals surface area contributed by atoms with Crippen molar-refractivity contribution in [3.8, 4) is 0 Å². The van der Waals surface area contributed by atoms with Crippen molar-refractivity contribution in [1.82, 2.24) is 5.32 Å². The minimum absolute atomic E-state index is 0.683. The summed E-state index contributed by atoms with van der Waals surface area (Å²) in [7, 11) is 1.72. The summed E-state index contributed by atoms with van der Waals surface area (Å²) in [6, 6.07) is 12.9. The molecule has 2 aromatic rings. The van der Waals surface area contributed by atoms with Crippen LogP contribution in [-0.4, -0.2) is 7.11 Å². The van der Waals surface area contributed by atoms with Gasteiger partial charge < -0.3 is 10.1 Å². The molecule has 0 bridgehead atoms. The highest BCUT2D eigenvalue weighted by Gasteiger charge is 1.97. The fourth-order valence-electron chi connectivity index (χ4n) is 1.83. The Balaban J connectivity index is 1.79. The summed E-state index contributed by atoms with van der Waals surface area (Å²) in [5.41, 5.74) is 2.53. The number of hydrogen-bond donors (Lipinski definition) is 1. The van der Waals surface area contributed by atoms with E-state index < -0.39 is 0 Å². The summed E-state index contributed by atoms with van der Waals surface area (Å²) in [6.45, 7) is 4.67. The Labute approximate surface area is 113 Å². The van der Waals surface area contributed by atoms with Crippen molar-refractivity contribution in [3.63, 3.8) is 0 Å². The lowest BCUT2D eigenvalue weighted by molar-refractivity contribution is 0.185. The van der Waals surface area contributed by atoms with Crippen LogP contribution in [0.25, 0.3) is 0 Å². The van der Waals surface area contributed by atoms with Crippen LogP contribution in [0.2, 0.25) is 0 Å². The van der Waals surface area contributed by atoms with Gasteiger partial charge in [0.05, 0.1) is 6.61 Å². The van der Waals surface area contributed by atoms with Crippen molar-refractivity contribution in [1.29, 1.82) is 0 Å². The number of aryl methyl sites for hydroxylation is 1. The van der Waals surface area contributed by atoms with E-state index in [1.807, 2.05) is 11.3 Å². The van der Waals surface area contributed by atoms with Crippen molar-refractivity contribution in [2.24, 2.45) is 0 Å². The van der Waals surface area contributed by atoms with E-state index in [1.54, 1.807) is 7.11 Å². The van der Waals surface area contributed by atoms with Gasteiger partial charge in [0.25, 0.3) is 0 Å². The average Bonchev–Trinajstić information content (AvgIpc) is 2.78. The molecule has 1 N–H and O–H groups in total. The molecule has 1 aromatic carbocycles. The van der Waals surface area contributed by atoms with Gasteiger partial charge in [0, 0.05) is 30.0 Å². The Bertz CT molecular complexity index is 475. The van der Waals surface area contributed by atoms with Gasteiger partial charge >= 0.3 is 0 Å². The summed E-state index contributed by atoms with van der Waals surface area (Å²) >= 11 is 1.85. The maximum absolute atomic E-state index is 5.09. The molecule has 96 valence electrons. The lowest BCUT2D eigenvalue weighted by Crippen LogP contribution is -2.11. The topological polar surface area (TPSA) is 21.3 Å². The van der Waals surface area contributed by atoms with Crippen LogP contribution < -0.4 is 5.32 Å². The number of hydrogen-bond acceptors (Lipinski definition) is 3. The highest BCUT2D eigenvalue weighted by Crippen LogP contribution is 2.14. The normalized spacial score (nSPS) is 10.8. The molecule has 0 fully saturated rings. The van der Waals surface area contributed by atoms with Crippen LogP contribution in [0.3, 0.4) is 0 Å². The second kappa shape index (κ2) is 6.69. The molecule has 0 radical (unpaired) electrons. The molecular weight excluding hydrogens is 242 g/mol. The minimum atomic E-state index is 0.683. The van der Waals surface area contributed by atoms with E-state index in [4.69, 9.17) is 4.74 Å². The zero-order valence-electron chi connectivity index (χ0n) is 10.9. The molecular formula is C15H19NOS. The third-order valence-electron chi connectivity index (χ3n) is 2.76. The Hall–Kier alpha value is -1.16. The first kappa shape index (κ1) is 13.3. The second-order valence-corrected chi connectivity index (χ2v) is 5.74. The average molecular weight is 261 g/mol. The molecule has 3 heteroatoms. The third kappa shape index (κ3) is 3.95. The predicted molar refractivity (Wildman–Crippen MR) is 76.8 cm³/mol. The maximum Gasteiger partial charge on any atom is 0.0713 e. The Morgan fingerprint density at radius 1 is 1.00 bits per heavy atom. The van der Waals surface area contributed by atoms with Gasteiger partial charge in [-0.1, -0.05) is 24.3 Å². The van der Waals surface area contributed by atoms with Gasteiger partial charge in [-0.2, -0.15) is 0 Å². The highest BCUT2D eigenvalue weighted by molar-refractivity contribution is 7.11. The summed E-state index contributed by atoms with van der Waals surface area (Å²) in [4.78, 5) is 2.76. The first-order chi connectivity index (χ1) is 8.78. The molecule has 0 amide bonds. The van der Waals surface area contributed by atoms with E-state index in [0.29, 0.717) is 6.61 Å². The van der Waals surface area contributed by atoms with E-state index in [2.05, 4.69) is 48.6 Å².